The maximum atomic E-state index is 11.5. The predicted octanol–water partition coefficient (Wildman–Crippen LogP) is -0.112. The van der Waals surface area contributed by atoms with Gasteiger partial charge in [-0.1, -0.05) is 6.92 Å². The largest absolute Gasteiger partial charge is 0.337 e. The van der Waals surface area contributed by atoms with Crippen molar-refractivity contribution in [2.75, 3.05) is 32.7 Å². The summed E-state index contributed by atoms with van der Waals surface area (Å²) < 4.78 is 0. The van der Waals surface area contributed by atoms with Crippen molar-refractivity contribution in [3.05, 3.63) is 0 Å². The van der Waals surface area contributed by atoms with Gasteiger partial charge in [0.1, 0.15) is 0 Å². The Balaban J connectivity index is 1.85. The summed E-state index contributed by atoms with van der Waals surface area (Å²) in [5.41, 5.74) is 5.63. The Bertz CT molecular complexity index is 244. The number of fused-ring (bicyclic) bond motifs is 1. The molecule has 0 aliphatic carbocycles. The van der Waals surface area contributed by atoms with E-state index < -0.39 is 0 Å². The number of hydrogen-bond acceptors (Lipinski definition) is 3. The van der Waals surface area contributed by atoms with Gasteiger partial charge in [0.25, 0.3) is 0 Å². The molecule has 2 aliphatic rings. The van der Waals surface area contributed by atoms with Crippen molar-refractivity contribution in [3.8, 4) is 0 Å². The monoisotopic (exact) mass is 211 g/mol. The maximum Gasteiger partial charge on any atom is 0.222 e. The molecule has 86 valence electrons. The number of nitrogens with two attached hydrogens (primary N) is 1. The highest BCUT2D eigenvalue weighted by molar-refractivity contribution is 5.78. The molecule has 0 aromatic rings. The highest BCUT2D eigenvalue weighted by Crippen LogP contribution is 2.22. The lowest BCUT2D eigenvalue weighted by molar-refractivity contribution is -0.130. The summed E-state index contributed by atoms with van der Waals surface area (Å²) in [6.07, 6.45) is 1.80. The zero-order chi connectivity index (χ0) is 10.8. The average molecular weight is 211 g/mol. The molecule has 0 saturated carbocycles. The standard InChI is InChI=1S/C11H21N3O/c1-9(6-12)7-13-4-5-14-10(8-13)2-3-11(14)15/h9-10H,2-8,12H2,1H3. The summed E-state index contributed by atoms with van der Waals surface area (Å²) in [4.78, 5) is 16.0. The summed E-state index contributed by atoms with van der Waals surface area (Å²) in [6.45, 7) is 7.01. The lowest BCUT2D eigenvalue weighted by atomic mass is 10.1. The molecule has 0 aromatic heterocycles. The SMILES string of the molecule is CC(CN)CN1CCN2C(=O)CCC2C1. The van der Waals surface area contributed by atoms with Crippen molar-refractivity contribution < 1.29 is 4.79 Å². The van der Waals surface area contributed by atoms with Crippen LogP contribution >= 0.6 is 0 Å². The van der Waals surface area contributed by atoms with E-state index in [4.69, 9.17) is 5.73 Å². The first kappa shape index (κ1) is 10.9. The van der Waals surface area contributed by atoms with Crippen LogP contribution in [-0.2, 0) is 4.79 Å². The van der Waals surface area contributed by atoms with E-state index in [1.165, 1.54) is 0 Å². The van der Waals surface area contributed by atoms with Gasteiger partial charge in [-0.25, -0.2) is 0 Å². The van der Waals surface area contributed by atoms with E-state index in [-0.39, 0.29) is 0 Å². The smallest absolute Gasteiger partial charge is 0.222 e. The van der Waals surface area contributed by atoms with Crippen molar-refractivity contribution in [2.24, 2.45) is 11.7 Å². The van der Waals surface area contributed by atoms with Gasteiger partial charge in [-0.3, -0.25) is 9.69 Å². The number of carbonyl (C=O) groups excluding carboxylic acids is 1. The van der Waals surface area contributed by atoms with Crippen LogP contribution in [0.15, 0.2) is 0 Å². The summed E-state index contributed by atoms with van der Waals surface area (Å²) >= 11 is 0. The van der Waals surface area contributed by atoms with Crippen LogP contribution < -0.4 is 5.73 Å². The molecule has 0 aromatic carbocycles. The first-order chi connectivity index (χ1) is 7.20. The minimum Gasteiger partial charge on any atom is -0.337 e. The van der Waals surface area contributed by atoms with Gasteiger partial charge in [0.05, 0.1) is 0 Å². The zero-order valence-electron chi connectivity index (χ0n) is 9.48. The van der Waals surface area contributed by atoms with Crippen molar-refractivity contribution in [1.29, 1.82) is 0 Å². The molecule has 4 heteroatoms. The molecule has 0 radical (unpaired) electrons. The molecule has 2 fully saturated rings. The molecule has 2 aliphatic heterocycles. The van der Waals surface area contributed by atoms with Gasteiger partial charge in [0, 0.05) is 38.6 Å². The minimum atomic E-state index is 0.353. The number of amides is 1. The third-order valence-electron chi connectivity index (χ3n) is 3.55. The Labute approximate surface area is 91.4 Å². The van der Waals surface area contributed by atoms with E-state index in [0.29, 0.717) is 17.9 Å². The summed E-state index contributed by atoms with van der Waals surface area (Å²) in [5.74, 6) is 0.917. The molecular weight excluding hydrogens is 190 g/mol. The fourth-order valence-electron chi connectivity index (χ4n) is 2.61. The second-order valence-electron chi connectivity index (χ2n) is 4.88. The molecule has 2 unspecified atom stereocenters. The van der Waals surface area contributed by atoms with Crippen molar-refractivity contribution in [3.63, 3.8) is 0 Å². The fourth-order valence-corrected chi connectivity index (χ4v) is 2.61. The number of piperazine rings is 1. The van der Waals surface area contributed by atoms with Crippen LogP contribution in [0.4, 0.5) is 0 Å². The quantitative estimate of drug-likeness (QED) is 0.708. The number of carbonyl (C=O) groups is 1. The van der Waals surface area contributed by atoms with E-state index in [1.807, 2.05) is 0 Å². The van der Waals surface area contributed by atoms with Crippen LogP contribution in [0.25, 0.3) is 0 Å². The highest BCUT2D eigenvalue weighted by Gasteiger charge is 2.35. The Morgan fingerprint density at radius 2 is 2.33 bits per heavy atom. The van der Waals surface area contributed by atoms with Crippen LogP contribution in [0.3, 0.4) is 0 Å². The minimum absolute atomic E-state index is 0.353. The first-order valence-corrected chi connectivity index (χ1v) is 5.92. The van der Waals surface area contributed by atoms with E-state index in [1.54, 1.807) is 0 Å². The van der Waals surface area contributed by atoms with Crippen molar-refractivity contribution in [1.82, 2.24) is 9.80 Å². The van der Waals surface area contributed by atoms with Crippen LogP contribution in [0, 0.1) is 5.92 Å². The summed E-state index contributed by atoms with van der Waals surface area (Å²) in [5, 5.41) is 0. The number of rotatable bonds is 3. The lowest BCUT2D eigenvalue weighted by Gasteiger charge is -2.38. The molecule has 1 amide bonds. The Morgan fingerprint density at radius 3 is 3.07 bits per heavy atom. The van der Waals surface area contributed by atoms with Gasteiger partial charge >= 0.3 is 0 Å². The molecule has 2 heterocycles. The van der Waals surface area contributed by atoms with Gasteiger partial charge in [-0.2, -0.15) is 0 Å². The van der Waals surface area contributed by atoms with Gasteiger partial charge in [0.15, 0.2) is 0 Å². The van der Waals surface area contributed by atoms with Crippen LogP contribution in [-0.4, -0.2) is 54.5 Å². The van der Waals surface area contributed by atoms with Gasteiger partial charge in [-0.05, 0) is 18.9 Å². The molecule has 0 spiro atoms. The third kappa shape index (κ3) is 2.32. The molecular formula is C11H21N3O. The van der Waals surface area contributed by atoms with Crippen LogP contribution in [0.1, 0.15) is 19.8 Å². The van der Waals surface area contributed by atoms with Gasteiger partial charge in [0.2, 0.25) is 5.91 Å². The van der Waals surface area contributed by atoms with Crippen LogP contribution in [0.2, 0.25) is 0 Å². The van der Waals surface area contributed by atoms with E-state index in [0.717, 1.165) is 45.6 Å². The highest BCUT2D eigenvalue weighted by atomic mass is 16.2. The molecule has 2 atom stereocenters. The van der Waals surface area contributed by atoms with E-state index in [9.17, 15) is 4.79 Å². The fraction of sp³-hybridized carbons (Fsp3) is 0.909. The molecule has 4 nitrogen and oxygen atoms in total. The Hall–Kier alpha value is -0.610. The summed E-state index contributed by atoms with van der Waals surface area (Å²) in [6, 6.07) is 0.483. The van der Waals surface area contributed by atoms with Crippen molar-refractivity contribution >= 4 is 5.91 Å². The molecule has 2 N–H and O–H groups in total. The number of nitrogens with zero attached hydrogens (tertiary/aromatic N) is 2. The molecule has 0 bridgehead atoms. The average Bonchev–Trinajstić information content (AvgIpc) is 2.60. The lowest BCUT2D eigenvalue weighted by Crippen LogP contribution is -2.52. The van der Waals surface area contributed by atoms with Crippen LogP contribution in [0.5, 0.6) is 0 Å². The predicted molar refractivity (Wildman–Crippen MR) is 59.4 cm³/mol. The molecule has 15 heavy (non-hydrogen) atoms. The number of hydrogen-bond donors (Lipinski definition) is 1. The normalized spacial score (nSPS) is 29.3. The first-order valence-electron chi connectivity index (χ1n) is 5.92. The maximum absolute atomic E-state index is 11.5. The Morgan fingerprint density at radius 1 is 1.53 bits per heavy atom. The second kappa shape index (κ2) is 4.49. The molecule has 2 rings (SSSR count). The van der Waals surface area contributed by atoms with Gasteiger partial charge < -0.3 is 10.6 Å². The molecule has 2 saturated heterocycles. The second-order valence-corrected chi connectivity index (χ2v) is 4.88. The zero-order valence-corrected chi connectivity index (χ0v) is 9.48. The topological polar surface area (TPSA) is 49.6 Å². The van der Waals surface area contributed by atoms with Crippen molar-refractivity contribution in [2.45, 2.75) is 25.8 Å². The Kier molecular flexibility index (Phi) is 3.26. The van der Waals surface area contributed by atoms with E-state index >= 15 is 0 Å². The van der Waals surface area contributed by atoms with E-state index in [2.05, 4.69) is 16.7 Å². The third-order valence-corrected chi connectivity index (χ3v) is 3.55. The summed E-state index contributed by atoms with van der Waals surface area (Å²) in [7, 11) is 0. The van der Waals surface area contributed by atoms with Gasteiger partial charge in [-0.15, -0.1) is 0 Å².